The molecule has 0 radical (unpaired) electrons. The molecule has 0 unspecified atom stereocenters. The summed E-state index contributed by atoms with van der Waals surface area (Å²) in [5, 5.41) is 3.32. The van der Waals surface area contributed by atoms with Gasteiger partial charge in [-0.25, -0.2) is 8.78 Å². The Morgan fingerprint density at radius 1 is 1.22 bits per heavy atom. The molecule has 1 aromatic rings. The fraction of sp³-hybridized carbons (Fsp3) is 0.462. The predicted molar refractivity (Wildman–Crippen MR) is 66.0 cm³/mol. The van der Waals surface area contributed by atoms with Crippen molar-refractivity contribution in [3.63, 3.8) is 0 Å². The Kier molecular flexibility index (Phi) is 3.61. The molecule has 1 fully saturated rings. The summed E-state index contributed by atoms with van der Waals surface area (Å²) in [4.78, 5) is 12.3. The number of hydrogen-bond acceptors (Lipinski definition) is 3. The van der Waals surface area contributed by atoms with Crippen LogP contribution in [0.25, 0.3) is 0 Å². The lowest BCUT2D eigenvalue weighted by molar-refractivity contribution is 0.111. The van der Waals surface area contributed by atoms with Crippen molar-refractivity contribution >= 4 is 12.0 Å². The summed E-state index contributed by atoms with van der Waals surface area (Å²) in [7, 11) is 0. The van der Waals surface area contributed by atoms with Gasteiger partial charge in [-0.05, 0) is 19.9 Å². The largest absolute Gasteiger partial charge is 0.366 e. The van der Waals surface area contributed by atoms with Gasteiger partial charge in [0, 0.05) is 31.2 Å². The highest BCUT2D eigenvalue weighted by molar-refractivity contribution is 5.76. The van der Waals surface area contributed by atoms with E-state index in [1.165, 1.54) is 0 Å². The Hall–Kier alpha value is -1.49. The number of nitrogens with zero attached hydrogens (tertiary/aromatic N) is 1. The average Bonchev–Trinajstić information content (AvgIpc) is 2.30. The standard InChI is InChI=1S/C13H16F2N2O/c1-8-5-17(6-9(2)16-8)13-4-11(14)10(7-18)3-12(13)15/h3-4,7-9,16H,5-6H2,1-2H3/t8-,9+. The molecule has 0 saturated carbocycles. The maximum atomic E-state index is 13.9. The monoisotopic (exact) mass is 254 g/mol. The van der Waals surface area contributed by atoms with Crippen molar-refractivity contribution in [2.75, 3.05) is 18.0 Å². The van der Waals surface area contributed by atoms with Crippen molar-refractivity contribution < 1.29 is 13.6 Å². The summed E-state index contributed by atoms with van der Waals surface area (Å²) in [5.74, 6) is -1.24. The topological polar surface area (TPSA) is 32.3 Å². The second kappa shape index (κ2) is 5.02. The van der Waals surface area contributed by atoms with Gasteiger partial charge in [0.05, 0.1) is 11.3 Å². The molecule has 98 valence electrons. The van der Waals surface area contributed by atoms with Crippen LogP contribution in [0.1, 0.15) is 24.2 Å². The molecule has 1 aliphatic rings. The van der Waals surface area contributed by atoms with Crippen molar-refractivity contribution in [1.82, 2.24) is 5.32 Å². The fourth-order valence-corrected chi connectivity index (χ4v) is 2.41. The third-order valence-electron chi connectivity index (χ3n) is 3.09. The summed E-state index contributed by atoms with van der Waals surface area (Å²) in [5.41, 5.74) is -0.0224. The summed E-state index contributed by atoms with van der Waals surface area (Å²) < 4.78 is 27.4. The number of anilines is 1. The zero-order valence-corrected chi connectivity index (χ0v) is 10.4. The zero-order valence-electron chi connectivity index (χ0n) is 10.4. The van der Waals surface area contributed by atoms with Gasteiger partial charge >= 0.3 is 0 Å². The molecule has 2 atom stereocenters. The van der Waals surface area contributed by atoms with Gasteiger partial charge in [0.25, 0.3) is 0 Å². The number of carbonyl (C=O) groups excluding carboxylic acids is 1. The molecule has 2 rings (SSSR count). The Bertz CT molecular complexity index is 455. The summed E-state index contributed by atoms with van der Waals surface area (Å²) in [6.45, 7) is 5.22. The number of hydrogen-bond donors (Lipinski definition) is 1. The lowest BCUT2D eigenvalue weighted by atomic mass is 10.1. The number of rotatable bonds is 2. The minimum Gasteiger partial charge on any atom is -0.366 e. The Balaban J connectivity index is 2.33. The first-order valence-electron chi connectivity index (χ1n) is 5.96. The van der Waals surface area contributed by atoms with Gasteiger partial charge in [-0.1, -0.05) is 0 Å². The third-order valence-corrected chi connectivity index (χ3v) is 3.09. The fourth-order valence-electron chi connectivity index (χ4n) is 2.41. The van der Waals surface area contributed by atoms with Crippen LogP contribution >= 0.6 is 0 Å². The van der Waals surface area contributed by atoms with E-state index in [9.17, 15) is 13.6 Å². The van der Waals surface area contributed by atoms with Gasteiger partial charge < -0.3 is 10.2 Å². The molecule has 1 aliphatic heterocycles. The predicted octanol–water partition coefficient (Wildman–Crippen LogP) is 1.96. The van der Waals surface area contributed by atoms with E-state index in [2.05, 4.69) is 5.32 Å². The quantitative estimate of drug-likeness (QED) is 0.819. The molecule has 0 bridgehead atoms. The van der Waals surface area contributed by atoms with E-state index < -0.39 is 11.6 Å². The van der Waals surface area contributed by atoms with Gasteiger partial charge in [0.1, 0.15) is 11.6 Å². The van der Waals surface area contributed by atoms with E-state index in [1.807, 2.05) is 13.8 Å². The molecule has 18 heavy (non-hydrogen) atoms. The van der Waals surface area contributed by atoms with E-state index in [0.717, 1.165) is 12.1 Å². The van der Waals surface area contributed by atoms with Crippen LogP contribution in [0, 0.1) is 11.6 Å². The highest BCUT2D eigenvalue weighted by Crippen LogP contribution is 2.24. The van der Waals surface area contributed by atoms with Crippen molar-refractivity contribution in [3.05, 3.63) is 29.3 Å². The molecule has 1 saturated heterocycles. The lowest BCUT2D eigenvalue weighted by Gasteiger charge is -2.37. The smallest absolute Gasteiger partial charge is 0.153 e. The van der Waals surface area contributed by atoms with Crippen molar-refractivity contribution in [2.24, 2.45) is 0 Å². The molecule has 0 spiro atoms. The average molecular weight is 254 g/mol. The van der Waals surface area contributed by atoms with E-state index >= 15 is 0 Å². The highest BCUT2D eigenvalue weighted by atomic mass is 19.1. The number of carbonyl (C=O) groups is 1. The second-order valence-corrected chi connectivity index (χ2v) is 4.82. The summed E-state index contributed by atoms with van der Waals surface area (Å²) >= 11 is 0. The third kappa shape index (κ3) is 2.51. The van der Waals surface area contributed by atoms with Gasteiger partial charge in [-0.3, -0.25) is 4.79 Å². The molecular formula is C13H16F2N2O. The van der Waals surface area contributed by atoms with Gasteiger partial charge in [0.15, 0.2) is 6.29 Å². The van der Waals surface area contributed by atoms with E-state index in [1.54, 1.807) is 4.90 Å². The molecule has 5 heteroatoms. The molecule has 1 N–H and O–H groups in total. The van der Waals surface area contributed by atoms with E-state index in [-0.39, 0.29) is 23.3 Å². The Morgan fingerprint density at radius 2 is 1.83 bits per heavy atom. The number of halogens is 2. The SMILES string of the molecule is C[C@@H]1CN(c2cc(F)c(C=O)cc2F)C[C@H](C)N1. The first-order valence-corrected chi connectivity index (χ1v) is 5.96. The van der Waals surface area contributed by atoms with Crippen molar-refractivity contribution in [1.29, 1.82) is 0 Å². The minimum absolute atomic E-state index is 0.210. The first kappa shape index (κ1) is 13.0. The molecule has 0 amide bonds. The summed E-state index contributed by atoms with van der Waals surface area (Å²) in [6, 6.07) is 2.47. The molecule has 1 heterocycles. The molecule has 0 aromatic heterocycles. The maximum Gasteiger partial charge on any atom is 0.153 e. The maximum absolute atomic E-state index is 13.9. The molecule has 0 aliphatic carbocycles. The van der Waals surface area contributed by atoms with Crippen LogP contribution in [0.2, 0.25) is 0 Å². The number of piperazine rings is 1. The van der Waals surface area contributed by atoms with Crippen molar-refractivity contribution in [3.8, 4) is 0 Å². The van der Waals surface area contributed by atoms with Gasteiger partial charge in [0.2, 0.25) is 0 Å². The van der Waals surface area contributed by atoms with Crippen LogP contribution < -0.4 is 10.2 Å². The second-order valence-electron chi connectivity index (χ2n) is 4.82. The van der Waals surface area contributed by atoms with Crippen LogP contribution in [0.3, 0.4) is 0 Å². The van der Waals surface area contributed by atoms with Crippen LogP contribution in [0.5, 0.6) is 0 Å². The van der Waals surface area contributed by atoms with Crippen LogP contribution in [0.15, 0.2) is 12.1 Å². The molecular weight excluding hydrogens is 238 g/mol. The Labute approximate surface area is 105 Å². The number of nitrogens with one attached hydrogen (secondary N) is 1. The minimum atomic E-state index is -0.680. The number of aldehydes is 1. The van der Waals surface area contributed by atoms with Crippen molar-refractivity contribution in [2.45, 2.75) is 25.9 Å². The van der Waals surface area contributed by atoms with Crippen LogP contribution in [0.4, 0.5) is 14.5 Å². The van der Waals surface area contributed by atoms with Gasteiger partial charge in [-0.2, -0.15) is 0 Å². The van der Waals surface area contributed by atoms with E-state index in [0.29, 0.717) is 19.4 Å². The van der Waals surface area contributed by atoms with Gasteiger partial charge in [-0.15, -0.1) is 0 Å². The molecule has 1 aromatic carbocycles. The van der Waals surface area contributed by atoms with Crippen LogP contribution in [-0.4, -0.2) is 31.5 Å². The number of benzene rings is 1. The molecule has 3 nitrogen and oxygen atoms in total. The Morgan fingerprint density at radius 3 is 2.39 bits per heavy atom. The lowest BCUT2D eigenvalue weighted by Crippen LogP contribution is -2.54. The first-order chi connectivity index (χ1) is 8.51. The summed E-state index contributed by atoms with van der Waals surface area (Å²) in [6.07, 6.45) is 0.325. The van der Waals surface area contributed by atoms with Crippen LogP contribution in [-0.2, 0) is 0 Å². The highest BCUT2D eigenvalue weighted by Gasteiger charge is 2.24. The zero-order chi connectivity index (χ0) is 13.3. The van der Waals surface area contributed by atoms with E-state index in [4.69, 9.17) is 0 Å². The normalized spacial score (nSPS) is 24.1.